The molecule has 0 radical (unpaired) electrons. The summed E-state index contributed by atoms with van der Waals surface area (Å²) >= 11 is 0. The van der Waals surface area contributed by atoms with E-state index in [0.717, 1.165) is 12.3 Å². The molecule has 3 heteroatoms. The number of hydrazine groups is 1. The number of hydrogen-bond donors (Lipinski definition) is 0. The maximum absolute atomic E-state index is 5.60. The molecule has 1 fully saturated rings. The predicted octanol–water partition coefficient (Wildman–Crippen LogP) is 10.2. The molecule has 0 N–H and O–H groups in total. The monoisotopic (exact) mass is 609 g/mol. The average Bonchev–Trinajstić information content (AvgIpc) is 3.51. The molecule has 4 atom stereocenters. The molecule has 1 saturated heterocycles. The van der Waals surface area contributed by atoms with Crippen molar-refractivity contribution >= 4 is 22.2 Å². The first-order valence-corrected chi connectivity index (χ1v) is 17.2. The minimum Gasteiger partial charge on any atom is -0.261 e. The van der Waals surface area contributed by atoms with Crippen molar-refractivity contribution in [1.82, 2.24) is 10.0 Å². The maximum Gasteiger partial charge on any atom is 0.149 e. The number of nitrogens with zero attached hydrogens (tertiary/aromatic N) is 3. The molecule has 5 aromatic carbocycles. The van der Waals surface area contributed by atoms with Crippen LogP contribution in [0.3, 0.4) is 0 Å². The van der Waals surface area contributed by atoms with Gasteiger partial charge in [0.1, 0.15) is 18.2 Å². The van der Waals surface area contributed by atoms with E-state index in [1.54, 1.807) is 0 Å². The molecule has 0 bridgehead atoms. The first kappa shape index (κ1) is 27.4. The molecule has 5 aliphatic rings. The van der Waals surface area contributed by atoms with E-state index < -0.39 is 0 Å². The van der Waals surface area contributed by atoms with Crippen LogP contribution in [0.2, 0.25) is 0 Å². The quantitative estimate of drug-likeness (QED) is 0.190. The van der Waals surface area contributed by atoms with E-state index in [4.69, 9.17) is 4.99 Å². The lowest BCUT2D eigenvalue weighted by molar-refractivity contribution is 0.358. The van der Waals surface area contributed by atoms with E-state index in [1.165, 1.54) is 72.0 Å². The highest BCUT2D eigenvalue weighted by Gasteiger charge is 2.58. The van der Waals surface area contributed by atoms with Crippen molar-refractivity contribution in [3.63, 3.8) is 0 Å². The highest BCUT2D eigenvalue weighted by molar-refractivity contribution is 6.03. The standard InChI is InChI=1S/C44H39N3/c1-26-22-31(25-38-39(26)34-15-9-11-17-36(34)44(38,4)5)41-45-40(46-42(47(41)46)30-19-18-27-12-6-7-13-28(27)23-30)29-20-21-33-32-14-8-10-16-35(32)43(2,3)37(33)24-29/h6-21,23-26,41-42H,22H2,1-5H3. The number of benzene rings is 5. The lowest BCUT2D eigenvalue weighted by atomic mass is 9.76. The van der Waals surface area contributed by atoms with Crippen molar-refractivity contribution < 1.29 is 0 Å². The van der Waals surface area contributed by atoms with E-state index in [2.05, 4.69) is 160 Å². The predicted molar refractivity (Wildman–Crippen MR) is 193 cm³/mol. The minimum atomic E-state index is -0.0515. The van der Waals surface area contributed by atoms with Crippen LogP contribution >= 0.6 is 0 Å². The molecule has 0 saturated carbocycles. The van der Waals surface area contributed by atoms with Gasteiger partial charge in [0, 0.05) is 16.4 Å². The first-order valence-electron chi connectivity index (χ1n) is 17.2. The van der Waals surface area contributed by atoms with Crippen LogP contribution in [0.15, 0.2) is 131 Å². The molecule has 5 aromatic rings. The Morgan fingerprint density at radius 1 is 0.660 bits per heavy atom. The third-order valence-electron chi connectivity index (χ3n) is 11.9. The van der Waals surface area contributed by atoms with Crippen LogP contribution in [0.1, 0.15) is 80.6 Å². The smallest absolute Gasteiger partial charge is 0.149 e. The van der Waals surface area contributed by atoms with Gasteiger partial charge in [0.25, 0.3) is 0 Å². The summed E-state index contributed by atoms with van der Waals surface area (Å²) in [7, 11) is 0. The lowest BCUT2D eigenvalue weighted by Crippen LogP contribution is -2.24. The summed E-state index contributed by atoms with van der Waals surface area (Å²) in [5.74, 6) is 1.53. The largest absolute Gasteiger partial charge is 0.261 e. The fraction of sp³-hybridized carbons (Fsp3) is 0.250. The van der Waals surface area contributed by atoms with Crippen LogP contribution in [0.25, 0.3) is 27.5 Å². The Hall–Kier alpha value is -4.73. The Morgan fingerprint density at radius 2 is 1.34 bits per heavy atom. The number of allylic oxidation sites excluding steroid dienone is 3. The molecule has 0 amide bonds. The van der Waals surface area contributed by atoms with Crippen LogP contribution < -0.4 is 0 Å². The molecule has 2 heterocycles. The number of rotatable bonds is 3. The Labute approximate surface area is 277 Å². The summed E-state index contributed by atoms with van der Waals surface area (Å²) in [6, 6.07) is 40.7. The zero-order valence-corrected chi connectivity index (χ0v) is 27.8. The van der Waals surface area contributed by atoms with Gasteiger partial charge in [0.05, 0.1) is 0 Å². The highest BCUT2D eigenvalue weighted by Crippen LogP contribution is 2.57. The van der Waals surface area contributed by atoms with Crippen LogP contribution in [0.5, 0.6) is 0 Å². The zero-order chi connectivity index (χ0) is 31.8. The number of fused-ring (bicyclic) bond motifs is 7. The molecule has 4 unspecified atom stereocenters. The normalized spacial score (nSPS) is 25.5. The van der Waals surface area contributed by atoms with Gasteiger partial charge in [-0.1, -0.05) is 138 Å². The fourth-order valence-corrected chi connectivity index (χ4v) is 9.42. The fourth-order valence-electron chi connectivity index (χ4n) is 9.42. The second kappa shape index (κ2) is 9.20. The van der Waals surface area contributed by atoms with Gasteiger partial charge >= 0.3 is 0 Å². The van der Waals surface area contributed by atoms with Crippen LogP contribution in [0, 0.1) is 5.92 Å². The van der Waals surface area contributed by atoms with Crippen molar-refractivity contribution in [2.45, 2.75) is 64.2 Å². The Bertz CT molecular complexity index is 2280. The van der Waals surface area contributed by atoms with Gasteiger partial charge < -0.3 is 0 Å². The maximum atomic E-state index is 5.60. The van der Waals surface area contributed by atoms with Crippen molar-refractivity contribution in [3.05, 3.63) is 160 Å². The average molecular weight is 610 g/mol. The molecule has 2 aliphatic heterocycles. The summed E-state index contributed by atoms with van der Waals surface area (Å²) in [5, 5.41) is 7.57. The Morgan fingerprint density at radius 3 is 2.15 bits per heavy atom. The molecule has 10 rings (SSSR count). The third kappa shape index (κ3) is 3.64. The molecule has 230 valence electrons. The second-order valence-electron chi connectivity index (χ2n) is 15.3. The summed E-state index contributed by atoms with van der Waals surface area (Å²) in [6.07, 6.45) is 3.70. The van der Waals surface area contributed by atoms with E-state index >= 15 is 0 Å². The second-order valence-corrected chi connectivity index (χ2v) is 15.3. The van der Waals surface area contributed by atoms with Gasteiger partial charge in [-0.25, -0.2) is 4.99 Å². The van der Waals surface area contributed by atoms with Crippen molar-refractivity contribution in [2.24, 2.45) is 10.9 Å². The number of amidine groups is 1. The lowest BCUT2D eigenvalue weighted by Gasteiger charge is -2.29. The van der Waals surface area contributed by atoms with Gasteiger partial charge in [-0.2, -0.15) is 5.01 Å². The first-order chi connectivity index (χ1) is 22.7. The molecule has 3 aliphatic carbocycles. The SMILES string of the molecule is CC1CC(C2N=C(c3ccc4c(c3)C(C)(C)c3ccccc3-4)N3C(c4ccc5ccccc5c4)N23)=CC2=C1c1ccccc1C2(C)C. The number of hydrogen-bond acceptors (Lipinski definition) is 3. The van der Waals surface area contributed by atoms with Crippen molar-refractivity contribution in [3.8, 4) is 11.1 Å². The van der Waals surface area contributed by atoms with E-state index in [9.17, 15) is 0 Å². The topological polar surface area (TPSA) is 18.4 Å². The molecule has 3 nitrogen and oxygen atoms in total. The summed E-state index contributed by atoms with van der Waals surface area (Å²) in [5.41, 5.74) is 15.3. The van der Waals surface area contributed by atoms with E-state index in [1.807, 2.05) is 0 Å². The summed E-state index contributed by atoms with van der Waals surface area (Å²) in [6.45, 7) is 11.9. The van der Waals surface area contributed by atoms with E-state index in [0.29, 0.717) is 5.92 Å². The summed E-state index contributed by atoms with van der Waals surface area (Å²) in [4.78, 5) is 5.60. The van der Waals surface area contributed by atoms with E-state index in [-0.39, 0.29) is 23.2 Å². The van der Waals surface area contributed by atoms with Gasteiger partial charge in [-0.15, -0.1) is 0 Å². The molecular formula is C44H39N3. The zero-order valence-electron chi connectivity index (χ0n) is 27.8. The van der Waals surface area contributed by atoms with Crippen LogP contribution in [0.4, 0.5) is 0 Å². The van der Waals surface area contributed by atoms with Gasteiger partial charge in [0.2, 0.25) is 0 Å². The number of aliphatic imine (C=N–C) groups is 1. The molecule has 0 spiro atoms. The minimum absolute atomic E-state index is 0.0176. The highest BCUT2D eigenvalue weighted by atomic mass is 15.9. The third-order valence-corrected chi connectivity index (χ3v) is 11.9. The Balaban J connectivity index is 1.10. The molecular weight excluding hydrogens is 571 g/mol. The van der Waals surface area contributed by atoms with Crippen molar-refractivity contribution in [1.29, 1.82) is 0 Å². The van der Waals surface area contributed by atoms with Gasteiger partial charge in [-0.3, -0.25) is 5.01 Å². The van der Waals surface area contributed by atoms with Crippen LogP contribution in [-0.4, -0.2) is 22.0 Å². The molecule has 47 heavy (non-hydrogen) atoms. The van der Waals surface area contributed by atoms with Crippen LogP contribution in [-0.2, 0) is 10.8 Å². The Kier molecular flexibility index (Phi) is 5.36. The van der Waals surface area contributed by atoms with Gasteiger partial charge in [0.15, 0.2) is 0 Å². The van der Waals surface area contributed by atoms with Gasteiger partial charge in [-0.05, 0) is 90.9 Å². The molecule has 0 aromatic heterocycles. The summed E-state index contributed by atoms with van der Waals surface area (Å²) < 4.78 is 0. The van der Waals surface area contributed by atoms with Crippen molar-refractivity contribution in [2.75, 3.05) is 0 Å².